The first-order valence-electron chi connectivity index (χ1n) is 8.29. The first-order chi connectivity index (χ1) is 11.6. The molecule has 4 heteroatoms. The van der Waals surface area contributed by atoms with Gasteiger partial charge in [0.2, 0.25) is 5.91 Å². The minimum absolute atomic E-state index is 0.122. The van der Waals surface area contributed by atoms with E-state index in [0.717, 1.165) is 17.9 Å². The van der Waals surface area contributed by atoms with E-state index in [2.05, 4.69) is 17.0 Å². The summed E-state index contributed by atoms with van der Waals surface area (Å²) in [6, 6.07) is 19.7. The molecule has 0 aliphatic rings. The second-order valence-electron chi connectivity index (χ2n) is 6.02. The molecule has 1 amide bonds. The van der Waals surface area contributed by atoms with Crippen LogP contribution < -0.4 is 4.74 Å². The molecule has 2 aromatic carbocycles. The number of rotatable bonds is 9. The lowest BCUT2D eigenvalue weighted by Gasteiger charge is -2.24. The largest absolute Gasteiger partial charge is 0.493 e. The van der Waals surface area contributed by atoms with Gasteiger partial charge in [-0.15, -0.1) is 0 Å². The molecule has 4 nitrogen and oxygen atoms in total. The summed E-state index contributed by atoms with van der Waals surface area (Å²) in [6.07, 6.45) is 0.384. The number of likely N-dealkylation sites (N-methyl/N-ethyl adjacent to an activating group) is 1. The number of nitrogens with zero attached hydrogens (tertiary/aromatic N) is 2. The first kappa shape index (κ1) is 18.0. The van der Waals surface area contributed by atoms with Gasteiger partial charge in [0.15, 0.2) is 0 Å². The maximum Gasteiger partial charge on any atom is 0.226 e. The lowest BCUT2D eigenvalue weighted by atomic mass is 10.2. The molecule has 0 aliphatic heterocycles. The van der Waals surface area contributed by atoms with E-state index in [1.165, 1.54) is 0 Å². The van der Waals surface area contributed by atoms with E-state index in [4.69, 9.17) is 4.74 Å². The fourth-order valence-electron chi connectivity index (χ4n) is 2.35. The molecule has 0 radical (unpaired) electrons. The predicted octanol–water partition coefficient (Wildman–Crippen LogP) is 3.05. The predicted molar refractivity (Wildman–Crippen MR) is 97.0 cm³/mol. The van der Waals surface area contributed by atoms with Gasteiger partial charge in [0.05, 0.1) is 13.0 Å². The van der Waals surface area contributed by atoms with Crippen LogP contribution in [0.3, 0.4) is 0 Å². The van der Waals surface area contributed by atoms with Crippen LogP contribution >= 0.6 is 0 Å². The Morgan fingerprint density at radius 2 is 1.54 bits per heavy atom. The number of hydrogen-bond donors (Lipinski definition) is 0. The van der Waals surface area contributed by atoms with Crippen molar-refractivity contribution in [3.63, 3.8) is 0 Å². The molecule has 0 fully saturated rings. The van der Waals surface area contributed by atoms with E-state index in [9.17, 15) is 4.79 Å². The van der Waals surface area contributed by atoms with Crippen LogP contribution in [-0.4, -0.2) is 49.5 Å². The molecule has 0 aromatic heterocycles. The zero-order valence-electron chi connectivity index (χ0n) is 14.5. The molecule has 2 aromatic rings. The number of benzene rings is 2. The fraction of sp³-hybridized carbons (Fsp3) is 0.350. The second kappa shape index (κ2) is 9.73. The molecular formula is C20H26N2O2. The lowest BCUT2D eigenvalue weighted by Crippen LogP contribution is -2.36. The van der Waals surface area contributed by atoms with Gasteiger partial charge < -0.3 is 14.5 Å². The Bertz CT molecular complexity index is 600. The van der Waals surface area contributed by atoms with Crippen molar-refractivity contribution in [3.05, 3.63) is 66.2 Å². The zero-order chi connectivity index (χ0) is 17.2. The first-order valence-corrected chi connectivity index (χ1v) is 8.29. The smallest absolute Gasteiger partial charge is 0.226 e. The Kier molecular flexibility index (Phi) is 7.30. The number of para-hydroxylation sites is 1. The van der Waals surface area contributed by atoms with Crippen molar-refractivity contribution >= 4 is 5.91 Å². The Balaban J connectivity index is 1.88. The number of ether oxygens (including phenoxy) is 1. The molecule has 0 saturated carbocycles. The number of amides is 1. The van der Waals surface area contributed by atoms with E-state index in [1.54, 1.807) is 0 Å². The van der Waals surface area contributed by atoms with E-state index >= 15 is 0 Å². The molecule has 0 atom stereocenters. The SMILES string of the molecule is CN(C)CCN(Cc1ccccc1)C(=O)CCOc1ccccc1. The van der Waals surface area contributed by atoms with E-state index in [1.807, 2.05) is 67.5 Å². The fourth-order valence-corrected chi connectivity index (χ4v) is 2.35. The van der Waals surface area contributed by atoms with Crippen LogP contribution in [0.15, 0.2) is 60.7 Å². The third-order valence-corrected chi connectivity index (χ3v) is 3.71. The van der Waals surface area contributed by atoms with Crippen LogP contribution in [-0.2, 0) is 11.3 Å². The summed E-state index contributed by atoms with van der Waals surface area (Å²) >= 11 is 0. The average Bonchev–Trinajstić information content (AvgIpc) is 2.60. The quantitative estimate of drug-likeness (QED) is 0.710. The monoisotopic (exact) mass is 326 g/mol. The van der Waals surface area contributed by atoms with Crippen LogP contribution in [0.25, 0.3) is 0 Å². The Morgan fingerprint density at radius 1 is 0.917 bits per heavy atom. The highest BCUT2D eigenvalue weighted by atomic mass is 16.5. The third kappa shape index (κ3) is 6.42. The summed E-state index contributed by atoms with van der Waals surface area (Å²) < 4.78 is 5.64. The van der Waals surface area contributed by atoms with Crippen LogP contribution in [0.4, 0.5) is 0 Å². The molecule has 2 rings (SSSR count). The van der Waals surface area contributed by atoms with Gasteiger partial charge in [0.25, 0.3) is 0 Å². The minimum Gasteiger partial charge on any atom is -0.493 e. The van der Waals surface area contributed by atoms with Crippen LogP contribution in [0.1, 0.15) is 12.0 Å². The van der Waals surface area contributed by atoms with Crippen molar-refractivity contribution in [2.75, 3.05) is 33.8 Å². The molecule has 0 N–H and O–H groups in total. The van der Waals surface area contributed by atoms with Crippen molar-refractivity contribution in [3.8, 4) is 5.75 Å². The Labute approximate surface area is 144 Å². The molecule has 0 spiro atoms. The molecule has 0 unspecified atom stereocenters. The van der Waals surface area contributed by atoms with Gasteiger partial charge in [-0.2, -0.15) is 0 Å². The highest BCUT2D eigenvalue weighted by Gasteiger charge is 2.14. The maximum absolute atomic E-state index is 12.6. The number of hydrogen-bond acceptors (Lipinski definition) is 3. The van der Waals surface area contributed by atoms with Crippen molar-refractivity contribution in [2.24, 2.45) is 0 Å². The normalized spacial score (nSPS) is 10.6. The number of carbonyl (C=O) groups is 1. The molecule has 128 valence electrons. The van der Waals surface area contributed by atoms with Crippen molar-refractivity contribution < 1.29 is 9.53 Å². The summed E-state index contributed by atoms with van der Waals surface area (Å²) in [5.41, 5.74) is 1.15. The Morgan fingerprint density at radius 3 is 2.17 bits per heavy atom. The van der Waals surface area contributed by atoms with Crippen LogP contribution in [0.5, 0.6) is 5.75 Å². The van der Waals surface area contributed by atoms with Gasteiger partial charge in [-0.3, -0.25) is 4.79 Å². The molecule has 0 aliphatic carbocycles. The highest BCUT2D eigenvalue weighted by molar-refractivity contribution is 5.76. The highest BCUT2D eigenvalue weighted by Crippen LogP contribution is 2.10. The van der Waals surface area contributed by atoms with Crippen molar-refractivity contribution in [1.82, 2.24) is 9.80 Å². The molecular weight excluding hydrogens is 300 g/mol. The van der Waals surface area contributed by atoms with E-state index in [0.29, 0.717) is 26.1 Å². The second-order valence-corrected chi connectivity index (χ2v) is 6.02. The summed E-state index contributed by atoms with van der Waals surface area (Å²) in [7, 11) is 4.04. The lowest BCUT2D eigenvalue weighted by molar-refractivity contribution is -0.132. The van der Waals surface area contributed by atoms with Gasteiger partial charge >= 0.3 is 0 Å². The van der Waals surface area contributed by atoms with Gasteiger partial charge in [-0.1, -0.05) is 48.5 Å². The summed E-state index contributed by atoms with van der Waals surface area (Å²) in [4.78, 5) is 16.6. The molecule has 24 heavy (non-hydrogen) atoms. The topological polar surface area (TPSA) is 32.8 Å². The zero-order valence-corrected chi connectivity index (χ0v) is 14.5. The van der Waals surface area contributed by atoms with Crippen molar-refractivity contribution in [1.29, 1.82) is 0 Å². The summed E-state index contributed by atoms with van der Waals surface area (Å²) in [6.45, 7) is 2.60. The molecule has 0 heterocycles. The standard InChI is InChI=1S/C20H26N2O2/c1-21(2)14-15-22(17-18-9-5-3-6-10-18)20(23)13-16-24-19-11-7-4-8-12-19/h3-12H,13-17H2,1-2H3. The van der Waals surface area contributed by atoms with Gasteiger partial charge in [-0.25, -0.2) is 0 Å². The molecule has 0 saturated heterocycles. The average molecular weight is 326 g/mol. The number of carbonyl (C=O) groups excluding carboxylic acids is 1. The Hall–Kier alpha value is -2.33. The van der Waals surface area contributed by atoms with E-state index in [-0.39, 0.29) is 5.91 Å². The van der Waals surface area contributed by atoms with Gasteiger partial charge in [0.1, 0.15) is 5.75 Å². The summed E-state index contributed by atoms with van der Waals surface area (Å²) in [5, 5.41) is 0. The third-order valence-electron chi connectivity index (χ3n) is 3.71. The van der Waals surface area contributed by atoms with Gasteiger partial charge in [-0.05, 0) is 31.8 Å². The van der Waals surface area contributed by atoms with Crippen LogP contribution in [0.2, 0.25) is 0 Å². The van der Waals surface area contributed by atoms with Crippen LogP contribution in [0, 0.1) is 0 Å². The van der Waals surface area contributed by atoms with Gasteiger partial charge in [0, 0.05) is 19.6 Å². The minimum atomic E-state index is 0.122. The molecule has 0 bridgehead atoms. The van der Waals surface area contributed by atoms with E-state index < -0.39 is 0 Å². The summed E-state index contributed by atoms with van der Waals surface area (Å²) in [5.74, 6) is 0.921. The van der Waals surface area contributed by atoms with Crippen molar-refractivity contribution in [2.45, 2.75) is 13.0 Å². The maximum atomic E-state index is 12.6.